The number of carboxylic acids is 1. The van der Waals surface area contributed by atoms with E-state index in [1.54, 1.807) is 6.92 Å². The summed E-state index contributed by atoms with van der Waals surface area (Å²) < 4.78 is 0. The maximum Gasteiger partial charge on any atom is 0.303 e. The number of likely N-dealkylation sites (tertiary alicyclic amines) is 1. The minimum absolute atomic E-state index is 0.0706. The van der Waals surface area contributed by atoms with Gasteiger partial charge in [0, 0.05) is 25.4 Å². The molecule has 0 radical (unpaired) electrons. The Kier molecular flexibility index (Phi) is 5.25. The molecule has 0 spiro atoms. The van der Waals surface area contributed by atoms with Crippen molar-refractivity contribution in [2.45, 2.75) is 64.4 Å². The summed E-state index contributed by atoms with van der Waals surface area (Å²) in [5.41, 5.74) is -0.343. The van der Waals surface area contributed by atoms with Crippen LogP contribution in [0.2, 0.25) is 0 Å². The molecule has 0 aromatic rings. The number of carboxylic acid groups (broad SMARTS) is 1. The third-order valence-corrected chi connectivity index (χ3v) is 5.23. The van der Waals surface area contributed by atoms with Gasteiger partial charge in [0.1, 0.15) is 0 Å². The number of carbonyl (C=O) groups excluding carboxylic acids is 1. The third kappa shape index (κ3) is 4.19. The summed E-state index contributed by atoms with van der Waals surface area (Å²) in [6.45, 7) is 3.07. The first-order valence-electron chi connectivity index (χ1n) is 8.09. The van der Waals surface area contributed by atoms with Gasteiger partial charge in [-0.2, -0.15) is 0 Å². The highest BCUT2D eigenvalue weighted by Gasteiger charge is 2.39. The summed E-state index contributed by atoms with van der Waals surface area (Å²) in [6, 6.07) is 0. The molecule has 1 saturated carbocycles. The lowest BCUT2D eigenvalue weighted by molar-refractivity contribution is -0.142. The fraction of sp³-hybridized carbons (Fsp3) is 0.875. The molecule has 2 atom stereocenters. The summed E-state index contributed by atoms with van der Waals surface area (Å²) in [6.07, 6.45) is 5.80. The van der Waals surface area contributed by atoms with Crippen molar-refractivity contribution in [3.63, 3.8) is 0 Å². The first kappa shape index (κ1) is 16.3. The van der Waals surface area contributed by atoms with Gasteiger partial charge in [-0.1, -0.05) is 19.3 Å². The zero-order valence-electron chi connectivity index (χ0n) is 12.9. The normalized spacial score (nSPS) is 26.6. The molecule has 0 aromatic carbocycles. The van der Waals surface area contributed by atoms with Crippen molar-refractivity contribution in [2.24, 2.45) is 11.3 Å². The molecule has 2 fully saturated rings. The summed E-state index contributed by atoms with van der Waals surface area (Å²) in [4.78, 5) is 25.5. The van der Waals surface area contributed by atoms with E-state index in [9.17, 15) is 14.7 Å². The van der Waals surface area contributed by atoms with Gasteiger partial charge < -0.3 is 15.1 Å². The highest BCUT2D eigenvalue weighted by molar-refractivity contribution is 5.78. The SMILES string of the molecule is CC(O)C1CCN(C(=O)CC2(CC(=O)O)CCCCC2)C1. The van der Waals surface area contributed by atoms with E-state index in [-0.39, 0.29) is 29.8 Å². The van der Waals surface area contributed by atoms with E-state index in [0.717, 1.165) is 38.5 Å². The minimum Gasteiger partial charge on any atom is -0.481 e. The first-order chi connectivity index (χ1) is 9.92. The Morgan fingerprint density at radius 3 is 2.43 bits per heavy atom. The van der Waals surface area contributed by atoms with E-state index in [1.165, 1.54) is 0 Å². The van der Waals surface area contributed by atoms with Gasteiger partial charge in [-0.3, -0.25) is 9.59 Å². The van der Waals surface area contributed by atoms with Crippen LogP contribution in [0.4, 0.5) is 0 Å². The largest absolute Gasteiger partial charge is 0.481 e. The van der Waals surface area contributed by atoms with Crippen LogP contribution in [0.5, 0.6) is 0 Å². The molecule has 2 aliphatic rings. The Bertz CT molecular complexity index is 388. The van der Waals surface area contributed by atoms with Crippen LogP contribution in [0.1, 0.15) is 58.3 Å². The standard InChI is InChI=1S/C16H27NO4/c1-12(18)13-5-8-17(11-13)14(19)9-16(10-15(20)21)6-3-2-4-7-16/h12-13,18H,2-11H2,1H3,(H,20,21). The summed E-state index contributed by atoms with van der Waals surface area (Å²) >= 11 is 0. The lowest BCUT2D eigenvalue weighted by Crippen LogP contribution is -2.37. The molecule has 1 aliphatic heterocycles. The summed E-state index contributed by atoms with van der Waals surface area (Å²) in [5.74, 6) is -0.565. The van der Waals surface area contributed by atoms with Crippen molar-refractivity contribution >= 4 is 11.9 Å². The second-order valence-electron chi connectivity index (χ2n) is 6.94. The fourth-order valence-electron chi connectivity index (χ4n) is 3.88. The molecule has 21 heavy (non-hydrogen) atoms. The van der Waals surface area contributed by atoms with Gasteiger partial charge in [-0.05, 0) is 31.6 Å². The number of aliphatic hydroxyl groups excluding tert-OH is 1. The number of aliphatic hydroxyl groups is 1. The van der Waals surface area contributed by atoms with Crippen LogP contribution in [0.15, 0.2) is 0 Å². The number of rotatable bonds is 5. The van der Waals surface area contributed by atoms with Crippen LogP contribution < -0.4 is 0 Å². The second-order valence-corrected chi connectivity index (χ2v) is 6.94. The molecule has 0 aromatic heterocycles. The van der Waals surface area contributed by atoms with Gasteiger partial charge in [0.15, 0.2) is 0 Å². The molecule has 2 rings (SSSR count). The van der Waals surface area contributed by atoms with Crippen molar-refractivity contribution in [3.05, 3.63) is 0 Å². The number of hydrogen-bond donors (Lipinski definition) is 2. The van der Waals surface area contributed by atoms with Crippen molar-refractivity contribution in [1.29, 1.82) is 0 Å². The monoisotopic (exact) mass is 297 g/mol. The molecule has 1 amide bonds. The van der Waals surface area contributed by atoms with Crippen LogP contribution in [0.25, 0.3) is 0 Å². The lowest BCUT2D eigenvalue weighted by atomic mass is 9.69. The highest BCUT2D eigenvalue weighted by atomic mass is 16.4. The number of amides is 1. The molecule has 1 heterocycles. The Hall–Kier alpha value is -1.10. The Morgan fingerprint density at radius 2 is 1.90 bits per heavy atom. The number of carbonyl (C=O) groups is 2. The van der Waals surface area contributed by atoms with Gasteiger partial charge in [-0.25, -0.2) is 0 Å². The van der Waals surface area contributed by atoms with Gasteiger partial charge >= 0.3 is 5.97 Å². The topological polar surface area (TPSA) is 77.8 Å². The molecule has 120 valence electrons. The van der Waals surface area contributed by atoms with Gasteiger partial charge in [0.05, 0.1) is 12.5 Å². The zero-order chi connectivity index (χ0) is 15.5. The average Bonchev–Trinajstić information content (AvgIpc) is 2.88. The Morgan fingerprint density at radius 1 is 1.24 bits per heavy atom. The van der Waals surface area contributed by atoms with E-state index in [1.807, 2.05) is 4.90 Å². The Balaban J connectivity index is 1.97. The number of hydrogen-bond acceptors (Lipinski definition) is 3. The molecule has 1 aliphatic carbocycles. The maximum atomic E-state index is 12.5. The molecule has 1 saturated heterocycles. The quantitative estimate of drug-likeness (QED) is 0.814. The van der Waals surface area contributed by atoms with Crippen LogP contribution in [0, 0.1) is 11.3 Å². The van der Waals surface area contributed by atoms with Crippen molar-refractivity contribution in [1.82, 2.24) is 4.90 Å². The maximum absolute atomic E-state index is 12.5. The van der Waals surface area contributed by atoms with E-state index >= 15 is 0 Å². The van der Waals surface area contributed by atoms with Gasteiger partial charge in [0.2, 0.25) is 5.91 Å². The van der Waals surface area contributed by atoms with E-state index in [0.29, 0.717) is 19.5 Å². The molecule has 2 unspecified atom stereocenters. The van der Waals surface area contributed by atoms with Gasteiger partial charge in [-0.15, -0.1) is 0 Å². The molecular formula is C16H27NO4. The summed E-state index contributed by atoms with van der Waals surface area (Å²) in [7, 11) is 0. The van der Waals surface area contributed by atoms with Crippen LogP contribution in [0.3, 0.4) is 0 Å². The van der Waals surface area contributed by atoms with Crippen LogP contribution >= 0.6 is 0 Å². The fourth-order valence-corrected chi connectivity index (χ4v) is 3.88. The van der Waals surface area contributed by atoms with Crippen molar-refractivity contribution in [2.75, 3.05) is 13.1 Å². The first-order valence-corrected chi connectivity index (χ1v) is 8.09. The highest BCUT2D eigenvalue weighted by Crippen LogP contribution is 2.43. The molecule has 0 bridgehead atoms. The minimum atomic E-state index is -0.798. The Labute approximate surface area is 126 Å². The smallest absolute Gasteiger partial charge is 0.303 e. The van der Waals surface area contributed by atoms with Crippen molar-refractivity contribution in [3.8, 4) is 0 Å². The average molecular weight is 297 g/mol. The molecular weight excluding hydrogens is 270 g/mol. The number of aliphatic carboxylic acids is 1. The van der Waals surface area contributed by atoms with Crippen molar-refractivity contribution < 1.29 is 19.8 Å². The number of nitrogens with zero attached hydrogens (tertiary/aromatic N) is 1. The molecule has 5 nitrogen and oxygen atoms in total. The van der Waals surface area contributed by atoms with E-state index < -0.39 is 5.97 Å². The zero-order valence-corrected chi connectivity index (χ0v) is 12.9. The molecule has 2 N–H and O–H groups in total. The van der Waals surface area contributed by atoms with Crippen LogP contribution in [-0.2, 0) is 9.59 Å². The lowest BCUT2D eigenvalue weighted by Gasteiger charge is -2.36. The molecule has 5 heteroatoms. The van der Waals surface area contributed by atoms with Gasteiger partial charge in [0.25, 0.3) is 0 Å². The predicted molar refractivity (Wildman–Crippen MR) is 78.8 cm³/mol. The van der Waals surface area contributed by atoms with E-state index in [2.05, 4.69) is 0 Å². The van der Waals surface area contributed by atoms with Crippen LogP contribution in [-0.4, -0.2) is 46.2 Å². The predicted octanol–water partition coefficient (Wildman–Crippen LogP) is 2.03. The third-order valence-electron chi connectivity index (χ3n) is 5.23. The van der Waals surface area contributed by atoms with E-state index in [4.69, 9.17) is 5.11 Å². The summed E-state index contributed by atoms with van der Waals surface area (Å²) in [5, 5.41) is 18.8. The second kappa shape index (κ2) is 6.77.